The van der Waals surface area contributed by atoms with E-state index in [0.717, 1.165) is 89.2 Å². The van der Waals surface area contributed by atoms with Crippen LogP contribution in [0.25, 0.3) is 32.8 Å². The molecule has 5 heterocycles. The highest BCUT2D eigenvalue weighted by Gasteiger charge is 2.30. The molecule has 12 heteroatoms. The van der Waals surface area contributed by atoms with Crippen LogP contribution in [-0.2, 0) is 51.0 Å². The Morgan fingerprint density at radius 2 is 1.89 bits per heavy atom. The zero-order valence-electron chi connectivity index (χ0n) is 26.0. The number of aromatic nitrogens is 5. The molecule has 8 bridgehead atoms. The second-order valence-electron chi connectivity index (χ2n) is 12.0. The van der Waals surface area contributed by atoms with Gasteiger partial charge in [0.2, 0.25) is 0 Å². The average Bonchev–Trinajstić information content (AvgIpc) is 3.80. The van der Waals surface area contributed by atoms with Crippen molar-refractivity contribution in [3.8, 4) is 16.9 Å². The van der Waals surface area contributed by atoms with Gasteiger partial charge in [0.15, 0.2) is 0 Å². The molecule has 6 aromatic rings. The van der Waals surface area contributed by atoms with Crippen molar-refractivity contribution in [3.63, 3.8) is 0 Å². The Hall–Kier alpha value is -3.90. The number of nitrogens with one attached hydrogen (secondary N) is 1. The molecule has 2 aliphatic rings. The molecule has 0 saturated carbocycles. The predicted molar refractivity (Wildman–Crippen MR) is 188 cm³/mol. The number of thioether (sulfide) groups is 2. The molecule has 47 heavy (non-hydrogen) atoms. The Labute approximate surface area is 285 Å². The topological polar surface area (TPSA) is 99.1 Å². The van der Waals surface area contributed by atoms with Gasteiger partial charge in [0.25, 0.3) is 0 Å². The smallest absolute Gasteiger partial charge is 0.352 e. The van der Waals surface area contributed by atoms with Gasteiger partial charge in [-0.2, -0.15) is 10.2 Å². The van der Waals surface area contributed by atoms with E-state index in [1.54, 1.807) is 16.3 Å². The van der Waals surface area contributed by atoms with Crippen LogP contribution < -0.4 is 10.1 Å². The number of hydrogen-bond donors (Lipinski definition) is 2. The zero-order chi connectivity index (χ0) is 32.2. The first-order valence-electron chi connectivity index (χ1n) is 15.6. The van der Waals surface area contributed by atoms with Crippen LogP contribution in [0.1, 0.15) is 45.2 Å². The molecule has 0 amide bonds. The summed E-state index contributed by atoms with van der Waals surface area (Å²) in [4.78, 5) is 13.9. The largest absolute Gasteiger partial charge is 0.493 e. The molecule has 9 nitrogen and oxygen atoms in total. The number of aromatic carboxylic acids is 1. The van der Waals surface area contributed by atoms with Gasteiger partial charge in [0.1, 0.15) is 11.4 Å². The molecule has 0 saturated heterocycles. The average molecular weight is 685 g/mol. The van der Waals surface area contributed by atoms with Crippen molar-refractivity contribution >= 4 is 62.8 Å². The molecule has 0 aliphatic carbocycles. The van der Waals surface area contributed by atoms with Gasteiger partial charge >= 0.3 is 5.97 Å². The van der Waals surface area contributed by atoms with Gasteiger partial charge in [0.05, 0.1) is 40.1 Å². The molecule has 3 aromatic carbocycles. The monoisotopic (exact) mass is 684 g/mol. The fourth-order valence-electron chi connectivity index (χ4n) is 6.95. The molecular weight excluding hydrogens is 652 g/mol. The number of halogens is 1. The van der Waals surface area contributed by atoms with Crippen LogP contribution in [-0.4, -0.2) is 41.8 Å². The van der Waals surface area contributed by atoms with E-state index in [-0.39, 0.29) is 5.69 Å². The summed E-state index contributed by atoms with van der Waals surface area (Å²) in [6, 6.07) is 18.6. The predicted octanol–water partition coefficient (Wildman–Crippen LogP) is 7.39. The number of carbonyl (C=O) groups is 1. The second-order valence-corrected chi connectivity index (χ2v) is 14.4. The molecule has 8 rings (SSSR count). The maximum atomic E-state index is 12.8. The van der Waals surface area contributed by atoms with Crippen LogP contribution in [0.15, 0.2) is 59.5 Å². The first-order chi connectivity index (χ1) is 22.9. The summed E-state index contributed by atoms with van der Waals surface area (Å²) >= 11 is 10.6. The Balaban J connectivity index is 1.26. The van der Waals surface area contributed by atoms with Crippen LogP contribution in [0.5, 0.6) is 5.75 Å². The fourth-order valence-corrected chi connectivity index (χ4v) is 9.15. The van der Waals surface area contributed by atoms with Crippen LogP contribution in [0.2, 0.25) is 5.02 Å². The van der Waals surface area contributed by atoms with Crippen LogP contribution in [0.3, 0.4) is 0 Å². The molecule has 3 aromatic heterocycles. The van der Waals surface area contributed by atoms with Crippen LogP contribution in [0.4, 0.5) is 0 Å². The summed E-state index contributed by atoms with van der Waals surface area (Å²) in [6.45, 7) is 1.55. The van der Waals surface area contributed by atoms with Crippen LogP contribution >= 0.6 is 35.1 Å². The number of hydrogen-bond acceptors (Lipinski definition) is 7. The Morgan fingerprint density at radius 3 is 2.77 bits per heavy atom. The van der Waals surface area contributed by atoms with Crippen molar-refractivity contribution in [2.24, 2.45) is 14.1 Å². The standard InChI is InChI=1S/C35H33ClN6O3S2/c1-40-33-26-9-10-27(36)31(33)32-28(39-42-19-46-18-29(32)42)16-37-15-21-13-22(41(2)38-21)17-47-23-12-20-6-3-4-7-24(20)30(14-23)45-11-5-8-25(26)34(40)35(43)44/h3-4,6-7,9-10,12-14,37H,5,8,11,15-19H2,1-2H3,(H,43,44). The lowest BCUT2D eigenvalue weighted by Gasteiger charge is -2.12. The summed E-state index contributed by atoms with van der Waals surface area (Å²) in [5, 5.41) is 27.5. The normalized spacial score (nSPS) is 15.4. The first kappa shape index (κ1) is 30.4. The SMILES string of the molecule is Cn1nc2cc1CSc1cc(c3ccccc3c1)OCCCc1c(C(=O)O)n(C)c3c(c(Cl)ccc13)-c1c(nn3c1CSC3)CNC2. The summed E-state index contributed by atoms with van der Waals surface area (Å²) in [7, 11) is 3.82. The molecular formula is C35H33ClN6O3S2. The zero-order valence-corrected chi connectivity index (χ0v) is 28.4. The van der Waals surface area contributed by atoms with Crippen molar-refractivity contribution in [3.05, 3.63) is 93.7 Å². The van der Waals surface area contributed by atoms with Gasteiger partial charge in [-0.1, -0.05) is 41.9 Å². The van der Waals surface area contributed by atoms with E-state index in [2.05, 4.69) is 40.3 Å². The quantitative estimate of drug-likeness (QED) is 0.185. The van der Waals surface area contributed by atoms with Gasteiger partial charge in [-0.25, -0.2) is 4.79 Å². The number of nitrogens with zero attached hydrogens (tertiary/aromatic N) is 5. The van der Waals surface area contributed by atoms with E-state index in [9.17, 15) is 9.90 Å². The highest BCUT2D eigenvalue weighted by Crippen LogP contribution is 2.44. The van der Waals surface area contributed by atoms with E-state index in [4.69, 9.17) is 26.5 Å². The summed E-state index contributed by atoms with van der Waals surface area (Å²) in [5.74, 6) is 2.23. The van der Waals surface area contributed by atoms with Gasteiger partial charge in [0, 0.05) is 71.2 Å². The third-order valence-corrected chi connectivity index (χ3v) is 11.3. The Bertz CT molecular complexity index is 2200. The summed E-state index contributed by atoms with van der Waals surface area (Å²) in [6.07, 6.45) is 1.20. The van der Waals surface area contributed by atoms with E-state index >= 15 is 0 Å². The van der Waals surface area contributed by atoms with E-state index in [1.807, 2.05) is 54.8 Å². The molecule has 0 radical (unpaired) electrons. The number of fused-ring (bicyclic) bond motifs is 10. The minimum atomic E-state index is -0.959. The Kier molecular flexibility index (Phi) is 7.95. The molecule has 0 unspecified atom stereocenters. The highest BCUT2D eigenvalue weighted by atomic mass is 35.5. The lowest BCUT2D eigenvalue weighted by Crippen LogP contribution is -2.15. The van der Waals surface area contributed by atoms with Gasteiger partial charge in [-0.15, -0.1) is 23.5 Å². The van der Waals surface area contributed by atoms with Crippen molar-refractivity contribution in [1.29, 1.82) is 0 Å². The van der Waals surface area contributed by atoms with Crippen molar-refractivity contribution in [2.75, 3.05) is 6.61 Å². The molecule has 2 aliphatic heterocycles. The summed E-state index contributed by atoms with van der Waals surface area (Å²) < 4.78 is 12.3. The van der Waals surface area contributed by atoms with Gasteiger partial charge < -0.3 is 19.7 Å². The van der Waals surface area contributed by atoms with Crippen molar-refractivity contribution in [2.45, 2.75) is 48.2 Å². The molecule has 0 atom stereocenters. The summed E-state index contributed by atoms with van der Waals surface area (Å²) in [5.41, 5.74) is 7.81. The number of rotatable bonds is 1. The van der Waals surface area contributed by atoms with Crippen molar-refractivity contribution in [1.82, 2.24) is 29.4 Å². The number of carboxylic acid groups (broad SMARTS) is 1. The van der Waals surface area contributed by atoms with Gasteiger partial charge in [-0.3, -0.25) is 9.36 Å². The number of aryl methyl sites for hydroxylation is 3. The fraction of sp³-hybridized carbons (Fsp3) is 0.286. The third-order valence-electron chi connectivity index (χ3n) is 9.08. The molecule has 2 N–H and O–H groups in total. The molecule has 240 valence electrons. The van der Waals surface area contributed by atoms with Gasteiger partial charge in [-0.05, 0) is 48.1 Å². The number of ether oxygens (including phenoxy) is 1. The van der Waals surface area contributed by atoms with Crippen LogP contribution in [0, 0.1) is 0 Å². The number of benzene rings is 3. The Morgan fingerprint density at radius 1 is 1.02 bits per heavy atom. The highest BCUT2D eigenvalue weighted by molar-refractivity contribution is 7.98. The maximum Gasteiger partial charge on any atom is 0.352 e. The number of carboxylic acids is 1. The first-order valence-corrected chi connectivity index (χ1v) is 18.1. The third kappa shape index (κ3) is 5.39. The van der Waals surface area contributed by atoms with E-state index in [0.29, 0.717) is 37.6 Å². The van der Waals surface area contributed by atoms with E-state index in [1.165, 1.54) is 0 Å². The molecule has 0 spiro atoms. The lowest BCUT2D eigenvalue weighted by molar-refractivity contribution is 0.0685. The lowest BCUT2D eigenvalue weighted by atomic mass is 9.98. The minimum Gasteiger partial charge on any atom is -0.493 e. The van der Waals surface area contributed by atoms with E-state index < -0.39 is 5.97 Å². The maximum absolute atomic E-state index is 12.8. The molecule has 0 fully saturated rings. The second kappa shape index (κ2) is 12.3. The minimum absolute atomic E-state index is 0.276. The van der Waals surface area contributed by atoms with Crippen molar-refractivity contribution < 1.29 is 14.6 Å².